The van der Waals surface area contributed by atoms with Gasteiger partial charge in [0.2, 0.25) is 0 Å². The Hall–Kier alpha value is -0.540. The highest BCUT2D eigenvalue weighted by molar-refractivity contribution is 9.10. The molecule has 1 aromatic rings. The minimum atomic E-state index is 0.537. The molecule has 1 N–H and O–H groups in total. The Morgan fingerprint density at radius 1 is 1.50 bits per heavy atom. The number of halogens is 1. The number of methoxy groups -OCH3 is 1. The summed E-state index contributed by atoms with van der Waals surface area (Å²) < 4.78 is 6.00. The van der Waals surface area contributed by atoms with E-state index >= 15 is 0 Å². The van der Waals surface area contributed by atoms with Crippen LogP contribution in [0.1, 0.15) is 5.56 Å². The second-order valence-corrected chi connectivity index (χ2v) is 3.43. The van der Waals surface area contributed by atoms with E-state index in [9.17, 15) is 0 Å². The second-order valence-electron chi connectivity index (χ2n) is 2.57. The number of rotatable bonds is 3. The molecule has 0 aromatic heterocycles. The Kier molecular flexibility index (Phi) is 3.56. The number of aryl methyl sites for hydroxylation is 1. The van der Waals surface area contributed by atoms with Crippen LogP contribution in [0.3, 0.4) is 0 Å². The van der Waals surface area contributed by atoms with Gasteiger partial charge < -0.3 is 10.1 Å². The van der Waals surface area contributed by atoms with Gasteiger partial charge in [-0.05, 0) is 24.6 Å². The molecule has 0 fully saturated rings. The molecule has 0 aliphatic heterocycles. The lowest BCUT2D eigenvalue weighted by molar-refractivity contribution is 0.221. The quantitative estimate of drug-likeness (QED) is 0.806. The van der Waals surface area contributed by atoms with Crippen molar-refractivity contribution < 1.29 is 4.74 Å². The van der Waals surface area contributed by atoms with Crippen LogP contribution in [0.2, 0.25) is 0 Å². The fourth-order valence-electron chi connectivity index (χ4n) is 0.858. The lowest BCUT2D eigenvalue weighted by Gasteiger charge is -2.06. The van der Waals surface area contributed by atoms with Crippen LogP contribution in [-0.4, -0.2) is 13.8 Å². The van der Waals surface area contributed by atoms with Crippen LogP contribution in [0, 0.1) is 6.92 Å². The Labute approximate surface area is 81.1 Å². The molecule has 0 atom stereocenters. The van der Waals surface area contributed by atoms with E-state index in [1.165, 1.54) is 5.56 Å². The van der Waals surface area contributed by atoms with Gasteiger partial charge in [-0.1, -0.05) is 22.0 Å². The van der Waals surface area contributed by atoms with Gasteiger partial charge in [-0.3, -0.25) is 0 Å². The van der Waals surface area contributed by atoms with E-state index in [0.29, 0.717) is 6.73 Å². The van der Waals surface area contributed by atoms with Crippen LogP contribution in [0.25, 0.3) is 0 Å². The van der Waals surface area contributed by atoms with Crippen molar-refractivity contribution in [2.75, 3.05) is 19.2 Å². The molecular formula is C9H12BrNO. The smallest absolute Gasteiger partial charge is 0.116 e. The van der Waals surface area contributed by atoms with Gasteiger partial charge in [0.25, 0.3) is 0 Å². The Morgan fingerprint density at radius 3 is 2.83 bits per heavy atom. The van der Waals surface area contributed by atoms with Gasteiger partial charge >= 0.3 is 0 Å². The molecule has 0 radical (unpaired) electrons. The summed E-state index contributed by atoms with van der Waals surface area (Å²) in [4.78, 5) is 0. The Bertz CT molecular complexity index is 263. The monoisotopic (exact) mass is 229 g/mol. The lowest BCUT2D eigenvalue weighted by atomic mass is 10.2. The number of hydrogen-bond donors (Lipinski definition) is 1. The van der Waals surface area contributed by atoms with Crippen molar-refractivity contribution in [1.29, 1.82) is 0 Å². The van der Waals surface area contributed by atoms with E-state index in [4.69, 9.17) is 4.74 Å². The normalized spacial score (nSPS) is 9.92. The van der Waals surface area contributed by atoms with E-state index in [1.807, 2.05) is 12.1 Å². The summed E-state index contributed by atoms with van der Waals surface area (Å²) in [6, 6.07) is 6.12. The molecule has 1 rings (SSSR count). The van der Waals surface area contributed by atoms with Crippen molar-refractivity contribution in [3.8, 4) is 0 Å². The van der Waals surface area contributed by atoms with Gasteiger partial charge in [0, 0.05) is 17.3 Å². The fourth-order valence-corrected chi connectivity index (χ4v) is 1.24. The maximum Gasteiger partial charge on any atom is 0.116 e. The molecule has 0 aliphatic carbocycles. The van der Waals surface area contributed by atoms with E-state index in [1.54, 1.807) is 7.11 Å². The topological polar surface area (TPSA) is 21.3 Å². The van der Waals surface area contributed by atoms with Crippen molar-refractivity contribution in [3.05, 3.63) is 28.2 Å². The number of anilines is 1. The number of ether oxygens (including phenoxy) is 1. The first-order chi connectivity index (χ1) is 5.74. The summed E-state index contributed by atoms with van der Waals surface area (Å²) in [6.07, 6.45) is 0. The first-order valence-corrected chi connectivity index (χ1v) is 4.52. The summed E-state index contributed by atoms with van der Waals surface area (Å²) in [5.41, 5.74) is 2.30. The van der Waals surface area contributed by atoms with Gasteiger partial charge in [-0.2, -0.15) is 0 Å². The molecule has 2 nitrogen and oxygen atoms in total. The first-order valence-electron chi connectivity index (χ1n) is 3.73. The average molecular weight is 230 g/mol. The standard InChI is InChI=1S/C9H12BrNO/c1-7-3-4-8(5-9(7)10)11-6-12-2/h3-5,11H,6H2,1-2H3. The molecule has 0 heterocycles. The molecule has 0 bridgehead atoms. The van der Waals surface area contributed by atoms with Crippen LogP contribution in [0.4, 0.5) is 5.69 Å². The molecule has 0 aliphatic rings. The van der Waals surface area contributed by atoms with Gasteiger partial charge in [0.1, 0.15) is 6.73 Å². The second kappa shape index (κ2) is 4.48. The molecule has 1 aromatic carbocycles. The molecular weight excluding hydrogens is 218 g/mol. The predicted octanol–water partition coefficient (Wildman–Crippen LogP) is 2.77. The van der Waals surface area contributed by atoms with Crippen LogP contribution >= 0.6 is 15.9 Å². The highest BCUT2D eigenvalue weighted by atomic mass is 79.9. The van der Waals surface area contributed by atoms with E-state index in [0.717, 1.165) is 10.2 Å². The predicted molar refractivity (Wildman–Crippen MR) is 54.4 cm³/mol. The van der Waals surface area contributed by atoms with Crippen LogP contribution in [-0.2, 0) is 4.74 Å². The van der Waals surface area contributed by atoms with Gasteiger partial charge in [-0.15, -0.1) is 0 Å². The minimum absolute atomic E-state index is 0.537. The van der Waals surface area contributed by atoms with Crippen molar-refractivity contribution in [3.63, 3.8) is 0 Å². The molecule has 12 heavy (non-hydrogen) atoms. The summed E-state index contributed by atoms with van der Waals surface area (Å²) in [7, 11) is 1.66. The Balaban J connectivity index is 2.69. The SMILES string of the molecule is COCNc1ccc(C)c(Br)c1. The van der Waals surface area contributed by atoms with Crippen molar-refractivity contribution in [1.82, 2.24) is 0 Å². The Morgan fingerprint density at radius 2 is 2.25 bits per heavy atom. The zero-order chi connectivity index (χ0) is 8.97. The fraction of sp³-hybridized carbons (Fsp3) is 0.333. The number of benzene rings is 1. The zero-order valence-corrected chi connectivity index (χ0v) is 8.81. The maximum absolute atomic E-state index is 4.89. The van der Waals surface area contributed by atoms with Gasteiger partial charge in [0.15, 0.2) is 0 Å². The summed E-state index contributed by atoms with van der Waals surface area (Å²) in [5.74, 6) is 0. The average Bonchev–Trinajstić information content (AvgIpc) is 2.07. The van der Waals surface area contributed by atoms with Gasteiger partial charge in [-0.25, -0.2) is 0 Å². The highest BCUT2D eigenvalue weighted by Crippen LogP contribution is 2.20. The molecule has 0 saturated heterocycles. The third-order valence-corrected chi connectivity index (χ3v) is 2.45. The molecule has 0 amide bonds. The maximum atomic E-state index is 4.89. The summed E-state index contributed by atoms with van der Waals surface area (Å²) >= 11 is 3.46. The van der Waals surface area contributed by atoms with Crippen molar-refractivity contribution in [2.45, 2.75) is 6.92 Å². The molecule has 0 saturated carbocycles. The third kappa shape index (κ3) is 2.50. The highest BCUT2D eigenvalue weighted by Gasteiger charge is 1.95. The molecule has 0 spiro atoms. The van der Waals surface area contributed by atoms with Crippen molar-refractivity contribution >= 4 is 21.6 Å². The lowest BCUT2D eigenvalue weighted by Crippen LogP contribution is -2.02. The van der Waals surface area contributed by atoms with Gasteiger partial charge in [0.05, 0.1) is 0 Å². The summed E-state index contributed by atoms with van der Waals surface area (Å²) in [6.45, 7) is 2.60. The number of hydrogen-bond acceptors (Lipinski definition) is 2. The molecule has 0 unspecified atom stereocenters. The van der Waals surface area contributed by atoms with Crippen molar-refractivity contribution in [2.24, 2.45) is 0 Å². The molecule has 3 heteroatoms. The minimum Gasteiger partial charge on any atom is -0.365 e. The van der Waals surface area contributed by atoms with E-state index in [2.05, 4.69) is 34.2 Å². The largest absolute Gasteiger partial charge is 0.365 e. The third-order valence-electron chi connectivity index (χ3n) is 1.59. The van der Waals surface area contributed by atoms with Crippen LogP contribution < -0.4 is 5.32 Å². The van der Waals surface area contributed by atoms with E-state index in [-0.39, 0.29) is 0 Å². The van der Waals surface area contributed by atoms with Crippen LogP contribution in [0.15, 0.2) is 22.7 Å². The van der Waals surface area contributed by atoms with Crippen LogP contribution in [0.5, 0.6) is 0 Å². The summed E-state index contributed by atoms with van der Waals surface area (Å²) in [5, 5.41) is 3.11. The molecule has 66 valence electrons. The van der Waals surface area contributed by atoms with E-state index < -0.39 is 0 Å². The number of nitrogens with one attached hydrogen (secondary N) is 1. The first kappa shape index (κ1) is 9.55. The zero-order valence-electron chi connectivity index (χ0n) is 7.23.